The third-order valence-corrected chi connectivity index (χ3v) is 6.09. The second-order valence-corrected chi connectivity index (χ2v) is 8.37. The molecule has 7 nitrogen and oxygen atoms in total. The molecule has 3 aliphatic rings. The van der Waals surface area contributed by atoms with Crippen molar-refractivity contribution >= 4 is 30.3 Å². The Morgan fingerprint density at radius 1 is 1.11 bits per heavy atom. The smallest absolute Gasteiger partial charge is 0.399 e. The topological polar surface area (TPSA) is 84.9 Å². The van der Waals surface area contributed by atoms with Crippen LogP contribution in [0.1, 0.15) is 56.5 Å². The van der Waals surface area contributed by atoms with E-state index in [0.29, 0.717) is 24.0 Å². The number of carbonyl (C=O) groups is 3. The van der Waals surface area contributed by atoms with E-state index in [1.54, 1.807) is 4.90 Å². The molecule has 1 aromatic rings. The Bertz CT molecular complexity index is 835. The first-order valence-electron chi connectivity index (χ1n) is 9.23. The fraction of sp³-hybridized carbons (Fsp3) is 0.526. The zero-order valence-electron chi connectivity index (χ0n) is 16.0. The molecule has 0 saturated carbocycles. The summed E-state index contributed by atoms with van der Waals surface area (Å²) in [5, 5.41) is 2.32. The van der Waals surface area contributed by atoms with E-state index in [9.17, 15) is 14.4 Å². The summed E-state index contributed by atoms with van der Waals surface area (Å²) in [4.78, 5) is 38.4. The Kier molecular flexibility index (Phi) is 3.98. The highest BCUT2D eigenvalue weighted by molar-refractivity contribution is 6.63. The highest BCUT2D eigenvalue weighted by Crippen LogP contribution is 2.37. The van der Waals surface area contributed by atoms with Gasteiger partial charge in [0.05, 0.1) is 11.2 Å². The average Bonchev–Trinajstić information content (AvgIpc) is 3.01. The van der Waals surface area contributed by atoms with Gasteiger partial charge in [0, 0.05) is 18.5 Å². The SMILES string of the molecule is CC1(C)OB(c2cccc3c2C(=O)N(C2CCC(=O)NC2=O)C3)OC1(C)C. The molecule has 3 aliphatic heterocycles. The lowest BCUT2D eigenvalue weighted by molar-refractivity contribution is -0.136. The summed E-state index contributed by atoms with van der Waals surface area (Å²) in [7, 11) is -0.643. The van der Waals surface area contributed by atoms with E-state index in [1.807, 2.05) is 45.9 Å². The Labute approximate surface area is 158 Å². The number of hydrogen-bond acceptors (Lipinski definition) is 5. The maximum atomic E-state index is 13.2. The molecule has 0 radical (unpaired) electrons. The van der Waals surface area contributed by atoms with Crippen molar-refractivity contribution in [3.05, 3.63) is 29.3 Å². The van der Waals surface area contributed by atoms with Crippen LogP contribution < -0.4 is 10.8 Å². The summed E-state index contributed by atoms with van der Waals surface area (Å²) in [6.07, 6.45) is 0.580. The van der Waals surface area contributed by atoms with Crippen LogP contribution in [0.3, 0.4) is 0 Å². The number of nitrogens with zero attached hydrogens (tertiary/aromatic N) is 1. The predicted octanol–water partition coefficient (Wildman–Crippen LogP) is 0.747. The molecule has 3 amide bonds. The van der Waals surface area contributed by atoms with Gasteiger partial charge in [-0.25, -0.2) is 0 Å². The first kappa shape index (κ1) is 18.2. The van der Waals surface area contributed by atoms with E-state index in [4.69, 9.17) is 9.31 Å². The van der Waals surface area contributed by atoms with E-state index >= 15 is 0 Å². The molecule has 3 heterocycles. The van der Waals surface area contributed by atoms with Crippen LogP contribution in [-0.4, -0.2) is 47.0 Å². The molecule has 1 atom stereocenters. The molecule has 1 unspecified atom stereocenters. The number of imide groups is 1. The highest BCUT2D eigenvalue weighted by Gasteiger charge is 2.53. The van der Waals surface area contributed by atoms with Gasteiger partial charge in [-0.05, 0) is 45.1 Å². The molecule has 2 fully saturated rings. The zero-order chi connectivity index (χ0) is 19.6. The van der Waals surface area contributed by atoms with Crippen molar-refractivity contribution in [2.24, 2.45) is 0 Å². The molecular formula is C19H23BN2O5. The van der Waals surface area contributed by atoms with Gasteiger partial charge in [-0.3, -0.25) is 19.7 Å². The molecule has 27 heavy (non-hydrogen) atoms. The number of nitrogens with one attached hydrogen (secondary N) is 1. The largest absolute Gasteiger partial charge is 0.495 e. The quantitative estimate of drug-likeness (QED) is 0.614. The lowest BCUT2D eigenvalue weighted by atomic mass is 9.75. The molecular weight excluding hydrogens is 347 g/mol. The van der Waals surface area contributed by atoms with Crippen LogP contribution in [0.5, 0.6) is 0 Å². The molecule has 0 bridgehead atoms. The molecule has 8 heteroatoms. The molecule has 2 saturated heterocycles. The normalized spacial score (nSPS) is 26.4. The zero-order valence-corrected chi connectivity index (χ0v) is 16.0. The Morgan fingerprint density at radius 2 is 1.78 bits per heavy atom. The Morgan fingerprint density at radius 3 is 2.41 bits per heavy atom. The number of fused-ring (bicyclic) bond motifs is 1. The lowest BCUT2D eigenvalue weighted by Crippen LogP contribution is -2.52. The van der Waals surface area contributed by atoms with E-state index in [1.165, 1.54) is 0 Å². The van der Waals surface area contributed by atoms with Crippen LogP contribution in [0, 0.1) is 0 Å². The van der Waals surface area contributed by atoms with Crippen LogP contribution in [-0.2, 0) is 25.4 Å². The number of piperidine rings is 1. The van der Waals surface area contributed by atoms with Gasteiger partial charge in [-0.2, -0.15) is 0 Å². The minimum Gasteiger partial charge on any atom is -0.399 e. The van der Waals surface area contributed by atoms with Crippen molar-refractivity contribution in [2.75, 3.05) is 0 Å². The second kappa shape index (κ2) is 5.91. The summed E-state index contributed by atoms with van der Waals surface area (Å²) in [6, 6.07) is 4.97. The predicted molar refractivity (Wildman–Crippen MR) is 98.2 cm³/mol. The second-order valence-electron chi connectivity index (χ2n) is 8.37. The number of carbonyl (C=O) groups excluding carboxylic acids is 3. The molecule has 1 aromatic carbocycles. The van der Waals surface area contributed by atoms with Gasteiger partial charge < -0.3 is 14.2 Å². The van der Waals surface area contributed by atoms with Gasteiger partial charge in [0.25, 0.3) is 5.91 Å². The summed E-state index contributed by atoms with van der Waals surface area (Å²) < 4.78 is 12.2. The van der Waals surface area contributed by atoms with Crippen LogP contribution in [0.25, 0.3) is 0 Å². The number of benzene rings is 1. The van der Waals surface area contributed by atoms with Crippen LogP contribution in [0.4, 0.5) is 0 Å². The third-order valence-electron chi connectivity index (χ3n) is 6.09. The number of amides is 3. The molecule has 4 rings (SSSR count). The first-order valence-corrected chi connectivity index (χ1v) is 9.23. The Balaban J connectivity index is 1.65. The van der Waals surface area contributed by atoms with Gasteiger partial charge in [0.2, 0.25) is 11.8 Å². The summed E-state index contributed by atoms with van der Waals surface area (Å²) in [6.45, 7) is 8.20. The minimum absolute atomic E-state index is 0.218. The van der Waals surface area contributed by atoms with Gasteiger partial charge in [-0.1, -0.05) is 18.2 Å². The van der Waals surface area contributed by atoms with Crippen molar-refractivity contribution in [1.29, 1.82) is 0 Å². The van der Waals surface area contributed by atoms with E-state index < -0.39 is 30.3 Å². The van der Waals surface area contributed by atoms with Crippen LogP contribution in [0.15, 0.2) is 18.2 Å². The maximum absolute atomic E-state index is 13.2. The van der Waals surface area contributed by atoms with E-state index in [-0.39, 0.29) is 18.2 Å². The van der Waals surface area contributed by atoms with E-state index in [0.717, 1.165) is 5.56 Å². The highest BCUT2D eigenvalue weighted by atomic mass is 16.7. The fourth-order valence-corrected chi connectivity index (χ4v) is 3.81. The van der Waals surface area contributed by atoms with E-state index in [2.05, 4.69) is 5.32 Å². The monoisotopic (exact) mass is 370 g/mol. The summed E-state index contributed by atoms with van der Waals surface area (Å²) in [5.41, 5.74) is 1.06. The standard InChI is InChI=1S/C19H23BN2O5/c1-18(2)19(3,4)27-20(26-18)12-7-5-6-11-10-22(17(25)15(11)12)13-8-9-14(23)21-16(13)24/h5-7,13H,8-10H2,1-4H3,(H,21,23,24). The Hall–Kier alpha value is -2.19. The molecule has 0 spiro atoms. The van der Waals surface area contributed by atoms with Crippen molar-refractivity contribution in [1.82, 2.24) is 10.2 Å². The maximum Gasteiger partial charge on any atom is 0.495 e. The van der Waals surface area contributed by atoms with Gasteiger partial charge in [0.15, 0.2) is 0 Å². The molecule has 0 aliphatic carbocycles. The summed E-state index contributed by atoms with van der Waals surface area (Å²) in [5.74, 6) is -0.923. The van der Waals surface area contributed by atoms with Gasteiger partial charge in [-0.15, -0.1) is 0 Å². The third kappa shape index (κ3) is 2.78. The van der Waals surface area contributed by atoms with Crippen LogP contribution >= 0.6 is 0 Å². The lowest BCUT2D eigenvalue weighted by Gasteiger charge is -2.32. The van der Waals surface area contributed by atoms with Gasteiger partial charge >= 0.3 is 7.12 Å². The van der Waals surface area contributed by atoms with Crippen molar-refractivity contribution in [3.63, 3.8) is 0 Å². The molecule has 142 valence electrons. The first-order chi connectivity index (χ1) is 12.6. The van der Waals surface area contributed by atoms with Crippen molar-refractivity contribution in [3.8, 4) is 0 Å². The molecule has 0 aromatic heterocycles. The molecule has 1 N–H and O–H groups in total. The average molecular weight is 370 g/mol. The minimum atomic E-state index is -0.643. The van der Waals surface area contributed by atoms with Crippen molar-refractivity contribution < 1.29 is 23.7 Å². The van der Waals surface area contributed by atoms with Crippen molar-refractivity contribution in [2.45, 2.75) is 64.3 Å². The number of hydrogen-bond donors (Lipinski definition) is 1. The van der Waals surface area contributed by atoms with Gasteiger partial charge in [0.1, 0.15) is 6.04 Å². The number of rotatable bonds is 2. The van der Waals surface area contributed by atoms with Crippen LogP contribution in [0.2, 0.25) is 0 Å². The summed E-state index contributed by atoms with van der Waals surface area (Å²) >= 11 is 0. The fourth-order valence-electron chi connectivity index (χ4n) is 3.81.